The third-order valence-corrected chi connectivity index (χ3v) is 2.84. The standard InChI is InChI=1S/C13H13F3N2O5/c14-13(15,16)7-3-1-6(2-4-7)10(21)12(23)18-8(11(17)22)5-9(19)20/h1-4,8,10,21H,5H2,(H2,17,22)(H,18,23)(H,19,20)/t8-,10-/m1/s1. The monoisotopic (exact) mass is 334 g/mol. The van der Waals surface area contributed by atoms with Crippen molar-refractivity contribution in [1.29, 1.82) is 0 Å². The van der Waals surface area contributed by atoms with Gasteiger partial charge in [-0.3, -0.25) is 14.4 Å². The molecule has 2 amide bonds. The molecule has 0 spiro atoms. The van der Waals surface area contributed by atoms with E-state index in [1.807, 2.05) is 5.32 Å². The number of aliphatic hydroxyl groups excluding tert-OH is 1. The maximum Gasteiger partial charge on any atom is 0.416 e. The summed E-state index contributed by atoms with van der Waals surface area (Å²) in [7, 11) is 0. The Bertz CT molecular complexity index is 601. The van der Waals surface area contributed by atoms with Crippen molar-refractivity contribution < 1.29 is 37.8 Å². The Morgan fingerprint density at radius 3 is 2.09 bits per heavy atom. The molecule has 23 heavy (non-hydrogen) atoms. The largest absolute Gasteiger partial charge is 0.481 e. The fraction of sp³-hybridized carbons (Fsp3) is 0.308. The predicted octanol–water partition coefficient (Wildman–Crippen LogP) is 0.184. The summed E-state index contributed by atoms with van der Waals surface area (Å²) in [5, 5.41) is 20.3. The summed E-state index contributed by atoms with van der Waals surface area (Å²) >= 11 is 0. The molecule has 0 radical (unpaired) electrons. The van der Waals surface area contributed by atoms with E-state index < -0.39 is 48.1 Å². The molecule has 5 N–H and O–H groups in total. The Morgan fingerprint density at radius 1 is 1.17 bits per heavy atom. The summed E-state index contributed by atoms with van der Waals surface area (Å²) in [6.07, 6.45) is -7.24. The quantitative estimate of drug-likeness (QED) is 0.590. The number of aliphatic carboxylic acids is 1. The molecule has 0 aromatic heterocycles. The number of hydrogen-bond acceptors (Lipinski definition) is 4. The highest BCUT2D eigenvalue weighted by atomic mass is 19.4. The number of nitrogens with two attached hydrogens (primary N) is 1. The van der Waals surface area contributed by atoms with Gasteiger partial charge < -0.3 is 21.3 Å². The molecule has 1 aromatic rings. The smallest absolute Gasteiger partial charge is 0.416 e. The lowest BCUT2D eigenvalue weighted by molar-refractivity contribution is -0.141. The first kappa shape index (κ1) is 18.4. The van der Waals surface area contributed by atoms with Gasteiger partial charge in [0.15, 0.2) is 6.10 Å². The number of rotatable bonds is 6. The van der Waals surface area contributed by atoms with E-state index in [9.17, 15) is 32.7 Å². The molecule has 0 saturated heterocycles. The zero-order valence-corrected chi connectivity index (χ0v) is 11.5. The van der Waals surface area contributed by atoms with Crippen LogP contribution in [0.15, 0.2) is 24.3 Å². The highest BCUT2D eigenvalue weighted by molar-refractivity contribution is 5.91. The van der Waals surface area contributed by atoms with Crippen molar-refractivity contribution in [2.45, 2.75) is 24.7 Å². The second kappa shape index (κ2) is 7.09. The van der Waals surface area contributed by atoms with E-state index in [1.165, 1.54) is 0 Å². The molecule has 2 atom stereocenters. The van der Waals surface area contributed by atoms with Crippen LogP contribution in [-0.4, -0.2) is 34.0 Å². The van der Waals surface area contributed by atoms with Gasteiger partial charge in [-0.2, -0.15) is 13.2 Å². The van der Waals surface area contributed by atoms with Gasteiger partial charge in [0, 0.05) is 0 Å². The molecule has 10 heteroatoms. The molecule has 1 rings (SSSR count). The van der Waals surface area contributed by atoms with Crippen LogP contribution in [0.1, 0.15) is 23.7 Å². The number of halogens is 3. The van der Waals surface area contributed by atoms with Crippen LogP contribution in [0.25, 0.3) is 0 Å². The second-order valence-corrected chi connectivity index (χ2v) is 4.58. The van der Waals surface area contributed by atoms with Gasteiger partial charge in [0.05, 0.1) is 12.0 Å². The van der Waals surface area contributed by atoms with E-state index in [0.717, 1.165) is 12.1 Å². The van der Waals surface area contributed by atoms with Gasteiger partial charge in [-0.25, -0.2) is 0 Å². The number of benzene rings is 1. The Hall–Kier alpha value is -2.62. The van der Waals surface area contributed by atoms with Crippen molar-refractivity contribution >= 4 is 17.8 Å². The summed E-state index contributed by atoms with van der Waals surface area (Å²) in [6, 6.07) is 1.58. The van der Waals surface area contributed by atoms with Crippen LogP contribution in [-0.2, 0) is 20.6 Å². The molecule has 0 aliphatic carbocycles. The topological polar surface area (TPSA) is 130 Å². The molecular weight excluding hydrogens is 321 g/mol. The number of carbonyl (C=O) groups is 3. The third-order valence-electron chi connectivity index (χ3n) is 2.84. The lowest BCUT2D eigenvalue weighted by Crippen LogP contribution is -2.47. The molecule has 0 bridgehead atoms. The number of aliphatic hydroxyl groups is 1. The Labute approximate surface area is 127 Å². The number of alkyl halides is 3. The lowest BCUT2D eigenvalue weighted by atomic mass is 10.1. The Morgan fingerprint density at radius 2 is 1.70 bits per heavy atom. The molecule has 0 heterocycles. The minimum atomic E-state index is -4.57. The van der Waals surface area contributed by atoms with Crippen LogP contribution in [0.5, 0.6) is 0 Å². The summed E-state index contributed by atoms with van der Waals surface area (Å²) in [5.41, 5.74) is 3.79. The van der Waals surface area contributed by atoms with Crippen LogP contribution in [0.2, 0.25) is 0 Å². The van der Waals surface area contributed by atoms with Crippen LogP contribution >= 0.6 is 0 Å². The van der Waals surface area contributed by atoms with Crippen LogP contribution in [0, 0.1) is 0 Å². The van der Waals surface area contributed by atoms with E-state index in [4.69, 9.17) is 10.8 Å². The van der Waals surface area contributed by atoms with Crippen LogP contribution in [0.3, 0.4) is 0 Å². The number of carboxylic acids is 1. The van der Waals surface area contributed by atoms with Gasteiger partial charge in [0.2, 0.25) is 5.91 Å². The first-order valence-electron chi connectivity index (χ1n) is 6.19. The maximum atomic E-state index is 12.4. The van der Waals surface area contributed by atoms with Gasteiger partial charge in [-0.1, -0.05) is 12.1 Å². The number of carbonyl (C=O) groups excluding carboxylic acids is 2. The minimum absolute atomic E-state index is 0.158. The van der Waals surface area contributed by atoms with Crippen LogP contribution < -0.4 is 11.1 Å². The van der Waals surface area contributed by atoms with E-state index >= 15 is 0 Å². The molecule has 0 aliphatic rings. The van der Waals surface area contributed by atoms with Gasteiger partial charge in [0.25, 0.3) is 5.91 Å². The molecule has 126 valence electrons. The Kier molecular flexibility index (Phi) is 5.68. The average molecular weight is 334 g/mol. The van der Waals surface area contributed by atoms with Gasteiger partial charge in [0.1, 0.15) is 6.04 Å². The number of carboxylic acid groups (broad SMARTS) is 1. The summed E-state index contributed by atoms with van der Waals surface area (Å²) in [6.45, 7) is 0. The normalized spacial score (nSPS) is 13.9. The van der Waals surface area contributed by atoms with Crippen molar-refractivity contribution in [3.8, 4) is 0 Å². The number of primary amides is 1. The fourth-order valence-electron chi connectivity index (χ4n) is 1.65. The molecule has 0 unspecified atom stereocenters. The van der Waals surface area contributed by atoms with E-state index in [1.54, 1.807) is 0 Å². The summed E-state index contributed by atoms with van der Waals surface area (Å²) in [4.78, 5) is 33.3. The van der Waals surface area contributed by atoms with Gasteiger partial charge in [-0.15, -0.1) is 0 Å². The van der Waals surface area contributed by atoms with E-state index in [-0.39, 0.29) is 5.56 Å². The third kappa shape index (κ3) is 5.25. The van der Waals surface area contributed by atoms with Crippen molar-refractivity contribution in [1.82, 2.24) is 5.32 Å². The van der Waals surface area contributed by atoms with E-state index in [2.05, 4.69) is 0 Å². The second-order valence-electron chi connectivity index (χ2n) is 4.58. The van der Waals surface area contributed by atoms with Crippen molar-refractivity contribution in [2.24, 2.45) is 5.73 Å². The average Bonchev–Trinajstić information content (AvgIpc) is 2.44. The van der Waals surface area contributed by atoms with Crippen molar-refractivity contribution in [2.75, 3.05) is 0 Å². The predicted molar refractivity (Wildman–Crippen MR) is 69.8 cm³/mol. The summed E-state index contributed by atoms with van der Waals surface area (Å²) < 4.78 is 37.2. The van der Waals surface area contributed by atoms with Gasteiger partial charge >= 0.3 is 12.1 Å². The van der Waals surface area contributed by atoms with Crippen molar-refractivity contribution in [3.05, 3.63) is 35.4 Å². The Balaban J connectivity index is 2.83. The fourth-order valence-corrected chi connectivity index (χ4v) is 1.65. The number of hydrogen-bond donors (Lipinski definition) is 4. The number of nitrogens with one attached hydrogen (secondary N) is 1. The number of amides is 2. The van der Waals surface area contributed by atoms with Gasteiger partial charge in [-0.05, 0) is 17.7 Å². The van der Waals surface area contributed by atoms with Crippen LogP contribution in [0.4, 0.5) is 13.2 Å². The highest BCUT2D eigenvalue weighted by Gasteiger charge is 2.31. The zero-order chi connectivity index (χ0) is 17.8. The highest BCUT2D eigenvalue weighted by Crippen LogP contribution is 2.29. The lowest BCUT2D eigenvalue weighted by Gasteiger charge is -2.17. The first-order valence-corrected chi connectivity index (χ1v) is 6.19. The molecule has 1 aromatic carbocycles. The molecule has 7 nitrogen and oxygen atoms in total. The molecule has 0 saturated carbocycles. The SMILES string of the molecule is NC(=O)[C@@H](CC(=O)O)NC(=O)[C@H](O)c1ccc(C(F)(F)F)cc1. The maximum absolute atomic E-state index is 12.4. The minimum Gasteiger partial charge on any atom is -0.481 e. The first-order chi connectivity index (χ1) is 10.5. The zero-order valence-electron chi connectivity index (χ0n) is 11.5. The molecular formula is C13H13F3N2O5. The molecule has 0 aliphatic heterocycles. The van der Waals surface area contributed by atoms with E-state index in [0.29, 0.717) is 12.1 Å². The molecule has 0 fully saturated rings. The van der Waals surface area contributed by atoms with Crippen molar-refractivity contribution in [3.63, 3.8) is 0 Å². The summed E-state index contributed by atoms with van der Waals surface area (Å²) in [5.74, 6) is -3.69.